The third-order valence-corrected chi connectivity index (χ3v) is 8.19. The van der Waals surface area contributed by atoms with E-state index >= 15 is 0 Å². The van der Waals surface area contributed by atoms with Crippen molar-refractivity contribution in [3.8, 4) is 0 Å². The number of hydrogen-bond donors (Lipinski definition) is 1. The molecular formula is C17H22ClN3O2S3. The van der Waals surface area contributed by atoms with Crippen LogP contribution in [-0.4, -0.2) is 39.9 Å². The molecule has 0 amide bonds. The molecule has 0 atom stereocenters. The normalized spacial score (nSPS) is 15.5. The van der Waals surface area contributed by atoms with Crippen molar-refractivity contribution in [3.63, 3.8) is 0 Å². The van der Waals surface area contributed by atoms with Crippen molar-refractivity contribution < 1.29 is 8.42 Å². The summed E-state index contributed by atoms with van der Waals surface area (Å²) in [5.74, 6) is 0. The number of benzene rings is 1. The van der Waals surface area contributed by atoms with Crippen LogP contribution in [0, 0.1) is 0 Å². The Labute approximate surface area is 168 Å². The van der Waals surface area contributed by atoms with E-state index < -0.39 is 10.0 Å². The van der Waals surface area contributed by atoms with Crippen molar-refractivity contribution in [2.24, 2.45) is 0 Å². The average molecular weight is 432 g/mol. The Morgan fingerprint density at radius 3 is 2.58 bits per heavy atom. The highest BCUT2D eigenvalue weighted by Gasteiger charge is 2.23. The van der Waals surface area contributed by atoms with Gasteiger partial charge >= 0.3 is 0 Å². The Balaban J connectivity index is 1.88. The Bertz CT molecular complexity index is 862. The molecule has 5 nitrogen and oxygen atoms in total. The molecule has 26 heavy (non-hydrogen) atoms. The predicted molar refractivity (Wildman–Crippen MR) is 112 cm³/mol. The highest BCUT2D eigenvalue weighted by Crippen LogP contribution is 2.38. The summed E-state index contributed by atoms with van der Waals surface area (Å²) in [4.78, 5) is 2.17. The SMILES string of the molecule is CN(C)Sc1ccc(S(=O)(=O)Nc2cccc(Cl)c2N2CCCCC2)s1. The molecule has 142 valence electrons. The highest BCUT2D eigenvalue weighted by molar-refractivity contribution is 8.00. The maximum absolute atomic E-state index is 12.9. The minimum Gasteiger partial charge on any atom is -0.369 e. The summed E-state index contributed by atoms with van der Waals surface area (Å²) in [6, 6.07) is 8.82. The van der Waals surface area contributed by atoms with Crippen molar-refractivity contribution in [1.82, 2.24) is 4.31 Å². The molecule has 1 saturated heterocycles. The van der Waals surface area contributed by atoms with Crippen LogP contribution >= 0.6 is 34.9 Å². The van der Waals surface area contributed by atoms with Crippen molar-refractivity contribution in [1.29, 1.82) is 0 Å². The van der Waals surface area contributed by atoms with Gasteiger partial charge in [0.05, 0.1) is 20.6 Å². The van der Waals surface area contributed by atoms with Gasteiger partial charge in [0.25, 0.3) is 10.0 Å². The molecule has 1 aliphatic heterocycles. The van der Waals surface area contributed by atoms with Crippen LogP contribution in [0.25, 0.3) is 0 Å². The van der Waals surface area contributed by atoms with Gasteiger partial charge in [-0.05, 0) is 69.6 Å². The number of rotatable bonds is 6. The van der Waals surface area contributed by atoms with Crippen LogP contribution in [0.4, 0.5) is 11.4 Å². The quantitative estimate of drug-likeness (QED) is 0.668. The van der Waals surface area contributed by atoms with E-state index in [9.17, 15) is 8.42 Å². The van der Waals surface area contributed by atoms with Gasteiger partial charge in [0.15, 0.2) is 0 Å². The van der Waals surface area contributed by atoms with Crippen LogP contribution in [0.5, 0.6) is 0 Å². The van der Waals surface area contributed by atoms with Gasteiger partial charge in [-0.3, -0.25) is 9.03 Å². The topological polar surface area (TPSA) is 52.7 Å². The summed E-state index contributed by atoms with van der Waals surface area (Å²) in [6.07, 6.45) is 3.38. The summed E-state index contributed by atoms with van der Waals surface area (Å²) in [6.45, 7) is 1.78. The summed E-state index contributed by atoms with van der Waals surface area (Å²) < 4.78 is 31.6. The standard InChI is InChI=1S/C17H22ClN3O2S3/c1-20(2)25-15-9-10-16(24-15)26(22,23)19-14-8-6-7-13(18)17(14)21-11-4-3-5-12-21/h6-10,19H,3-5,11-12H2,1-2H3. The fourth-order valence-electron chi connectivity index (χ4n) is 2.91. The van der Waals surface area contributed by atoms with Crippen LogP contribution in [-0.2, 0) is 10.0 Å². The summed E-state index contributed by atoms with van der Waals surface area (Å²) in [7, 11) is 0.194. The number of piperidine rings is 1. The third kappa shape index (κ3) is 4.67. The first-order chi connectivity index (χ1) is 12.4. The van der Waals surface area contributed by atoms with E-state index in [1.807, 2.05) is 24.5 Å². The Hall–Kier alpha value is -0.930. The maximum Gasteiger partial charge on any atom is 0.271 e. The van der Waals surface area contributed by atoms with Crippen molar-refractivity contribution >= 4 is 56.3 Å². The van der Waals surface area contributed by atoms with Crippen molar-refractivity contribution in [2.75, 3.05) is 36.8 Å². The van der Waals surface area contributed by atoms with Gasteiger partial charge in [-0.25, -0.2) is 8.42 Å². The molecular weight excluding hydrogens is 410 g/mol. The van der Waals surface area contributed by atoms with Gasteiger partial charge in [0.2, 0.25) is 0 Å². The first kappa shape index (κ1) is 19.8. The van der Waals surface area contributed by atoms with E-state index in [1.165, 1.54) is 29.7 Å². The van der Waals surface area contributed by atoms with Gasteiger partial charge in [-0.1, -0.05) is 17.7 Å². The van der Waals surface area contributed by atoms with Gasteiger partial charge in [-0.2, -0.15) is 0 Å². The molecule has 1 aromatic heterocycles. The Kier molecular flexibility index (Phi) is 6.40. The molecule has 0 spiro atoms. The molecule has 0 saturated carbocycles. The molecule has 0 radical (unpaired) electrons. The van der Waals surface area contributed by atoms with E-state index in [0.717, 1.165) is 35.8 Å². The number of thiophene rings is 1. The number of hydrogen-bond acceptors (Lipinski definition) is 6. The molecule has 0 bridgehead atoms. The summed E-state index contributed by atoms with van der Waals surface area (Å²) in [5.41, 5.74) is 1.31. The van der Waals surface area contributed by atoms with Crippen molar-refractivity contribution in [3.05, 3.63) is 35.4 Å². The number of anilines is 2. The fourth-order valence-corrected chi connectivity index (χ4v) is 6.82. The van der Waals surface area contributed by atoms with Crippen LogP contribution in [0.15, 0.2) is 38.8 Å². The van der Waals surface area contributed by atoms with Gasteiger partial charge < -0.3 is 4.90 Å². The van der Waals surface area contributed by atoms with Crippen LogP contribution in [0.1, 0.15) is 19.3 Å². The first-order valence-electron chi connectivity index (χ1n) is 8.38. The fraction of sp³-hybridized carbons (Fsp3) is 0.412. The van der Waals surface area contributed by atoms with Gasteiger partial charge in [0.1, 0.15) is 4.21 Å². The van der Waals surface area contributed by atoms with Gasteiger partial charge in [0, 0.05) is 13.1 Å². The number of para-hydroxylation sites is 1. The lowest BCUT2D eigenvalue weighted by molar-refractivity contribution is 0.578. The first-order valence-corrected chi connectivity index (χ1v) is 11.8. The lowest BCUT2D eigenvalue weighted by atomic mass is 10.1. The van der Waals surface area contributed by atoms with E-state index in [0.29, 0.717) is 14.9 Å². The number of nitrogens with one attached hydrogen (secondary N) is 1. The second-order valence-electron chi connectivity index (χ2n) is 6.27. The number of nitrogens with zero attached hydrogens (tertiary/aromatic N) is 2. The minimum absolute atomic E-state index is 0.298. The zero-order valence-corrected chi connectivity index (χ0v) is 17.9. The second-order valence-corrected chi connectivity index (χ2v) is 11.3. The number of sulfonamides is 1. The Morgan fingerprint density at radius 1 is 1.15 bits per heavy atom. The van der Waals surface area contributed by atoms with Crippen molar-refractivity contribution in [2.45, 2.75) is 27.7 Å². The minimum atomic E-state index is -3.65. The largest absolute Gasteiger partial charge is 0.369 e. The molecule has 3 rings (SSSR count). The predicted octanol–water partition coefficient (Wildman–Crippen LogP) is 4.76. The summed E-state index contributed by atoms with van der Waals surface area (Å²) in [5, 5.41) is 0.571. The van der Waals surface area contributed by atoms with Crippen LogP contribution in [0.3, 0.4) is 0 Å². The molecule has 1 N–H and O–H groups in total. The maximum atomic E-state index is 12.9. The second kappa shape index (κ2) is 8.39. The zero-order chi connectivity index (χ0) is 18.7. The molecule has 2 heterocycles. The zero-order valence-electron chi connectivity index (χ0n) is 14.7. The monoisotopic (exact) mass is 431 g/mol. The number of halogens is 1. The summed E-state index contributed by atoms with van der Waals surface area (Å²) >= 11 is 9.17. The molecule has 0 unspecified atom stereocenters. The molecule has 0 aliphatic carbocycles. The van der Waals surface area contributed by atoms with E-state index in [1.54, 1.807) is 24.3 Å². The smallest absolute Gasteiger partial charge is 0.271 e. The van der Waals surface area contributed by atoms with Gasteiger partial charge in [-0.15, -0.1) is 11.3 Å². The van der Waals surface area contributed by atoms with E-state index in [4.69, 9.17) is 11.6 Å². The molecule has 1 aliphatic rings. The average Bonchev–Trinajstić information content (AvgIpc) is 3.04. The molecule has 2 aromatic rings. The highest BCUT2D eigenvalue weighted by atomic mass is 35.5. The van der Waals surface area contributed by atoms with E-state index in [-0.39, 0.29) is 0 Å². The lowest BCUT2D eigenvalue weighted by Crippen LogP contribution is -2.30. The van der Waals surface area contributed by atoms with E-state index in [2.05, 4.69) is 9.62 Å². The Morgan fingerprint density at radius 2 is 1.88 bits per heavy atom. The molecule has 9 heteroatoms. The third-order valence-electron chi connectivity index (χ3n) is 4.00. The van der Waals surface area contributed by atoms with Crippen LogP contribution < -0.4 is 9.62 Å². The lowest BCUT2D eigenvalue weighted by Gasteiger charge is -2.31. The molecule has 1 aromatic carbocycles. The van der Waals surface area contributed by atoms with Crippen LogP contribution in [0.2, 0.25) is 5.02 Å². The molecule has 1 fully saturated rings.